The number of halogens is 1. The van der Waals surface area contributed by atoms with E-state index in [-0.39, 0.29) is 10.6 Å². The Kier molecular flexibility index (Phi) is 4.18. The molecule has 17 heavy (non-hydrogen) atoms. The Morgan fingerprint density at radius 2 is 1.88 bits per heavy atom. The molecule has 0 saturated carbocycles. The number of sulfonamides is 1. The Morgan fingerprint density at radius 1 is 1.24 bits per heavy atom. The molecule has 0 unspecified atom stereocenters. The first-order valence-corrected chi connectivity index (χ1v) is 8.30. The molecule has 8 heteroatoms. The highest BCUT2D eigenvalue weighted by Crippen LogP contribution is 2.19. The van der Waals surface area contributed by atoms with Crippen LogP contribution < -0.4 is 4.72 Å². The summed E-state index contributed by atoms with van der Waals surface area (Å²) >= 11 is 0. The van der Waals surface area contributed by atoms with Gasteiger partial charge in [-0.3, -0.25) is 4.72 Å². The molecule has 0 heterocycles. The summed E-state index contributed by atoms with van der Waals surface area (Å²) in [6.07, 6.45) is 1.35. The van der Waals surface area contributed by atoms with Gasteiger partial charge in [0.15, 0.2) is 0 Å². The fourth-order valence-electron chi connectivity index (χ4n) is 1.09. The predicted molar refractivity (Wildman–Crippen MR) is 66.8 cm³/mol. The molecule has 0 aliphatic rings. The van der Waals surface area contributed by atoms with E-state index in [1.165, 1.54) is 24.3 Å². The van der Waals surface area contributed by atoms with Crippen LogP contribution in [0.2, 0.25) is 0 Å². The van der Waals surface area contributed by atoms with Crippen LogP contribution in [0.1, 0.15) is 6.92 Å². The Labute approximate surface area is 105 Å². The molecule has 1 aromatic carbocycles. The van der Waals surface area contributed by atoms with Crippen molar-refractivity contribution >= 4 is 35.4 Å². The van der Waals surface area contributed by atoms with Gasteiger partial charge in [-0.15, -0.1) is 0 Å². The SMILES string of the molecule is CC=CS(=O)(=O)Nc1cccc(S(=O)(=O)Cl)c1. The lowest BCUT2D eigenvalue weighted by Crippen LogP contribution is -2.09. The van der Waals surface area contributed by atoms with E-state index in [9.17, 15) is 16.8 Å². The summed E-state index contributed by atoms with van der Waals surface area (Å²) in [7, 11) is -2.35. The van der Waals surface area contributed by atoms with E-state index in [4.69, 9.17) is 10.7 Å². The fraction of sp³-hybridized carbons (Fsp3) is 0.111. The highest BCUT2D eigenvalue weighted by molar-refractivity contribution is 8.13. The molecule has 0 fully saturated rings. The summed E-state index contributed by atoms with van der Waals surface area (Å²) in [5.41, 5.74) is 0.129. The standard InChI is InChI=1S/C9H10ClNO4S2/c1-2-6-16(12,13)11-8-4-3-5-9(7-8)17(10,14)15/h2-7,11H,1H3. The van der Waals surface area contributed by atoms with Crippen LogP contribution in [0.5, 0.6) is 0 Å². The van der Waals surface area contributed by atoms with Crippen LogP contribution in [-0.2, 0) is 19.1 Å². The van der Waals surface area contributed by atoms with Crippen LogP contribution in [0.3, 0.4) is 0 Å². The lowest BCUT2D eigenvalue weighted by molar-refractivity contribution is 0.607. The summed E-state index contributed by atoms with van der Waals surface area (Å²) in [6, 6.07) is 5.23. The Morgan fingerprint density at radius 3 is 2.41 bits per heavy atom. The minimum atomic E-state index is -3.87. The van der Waals surface area contributed by atoms with Crippen molar-refractivity contribution in [1.29, 1.82) is 0 Å². The lowest BCUT2D eigenvalue weighted by Gasteiger charge is -2.05. The van der Waals surface area contributed by atoms with E-state index in [0.717, 1.165) is 11.5 Å². The monoisotopic (exact) mass is 295 g/mol. The third-order valence-corrected chi connectivity index (χ3v) is 4.19. The van der Waals surface area contributed by atoms with E-state index in [1.807, 2.05) is 0 Å². The molecule has 94 valence electrons. The van der Waals surface area contributed by atoms with Gasteiger partial charge in [0.1, 0.15) is 0 Å². The average Bonchev–Trinajstić information content (AvgIpc) is 2.15. The molecule has 1 N–H and O–H groups in total. The Balaban J connectivity index is 3.11. The maximum Gasteiger partial charge on any atom is 0.261 e. The van der Waals surface area contributed by atoms with Crippen molar-refractivity contribution in [1.82, 2.24) is 0 Å². The zero-order valence-electron chi connectivity index (χ0n) is 8.79. The third kappa shape index (κ3) is 4.37. The molecule has 0 aliphatic carbocycles. The summed E-state index contributed by atoms with van der Waals surface area (Å²) < 4.78 is 47.1. The molecule has 0 amide bonds. The highest BCUT2D eigenvalue weighted by Gasteiger charge is 2.12. The van der Waals surface area contributed by atoms with E-state index in [1.54, 1.807) is 6.92 Å². The Hall–Kier alpha value is -1.05. The van der Waals surface area contributed by atoms with Gasteiger partial charge < -0.3 is 0 Å². The van der Waals surface area contributed by atoms with Crippen molar-refractivity contribution < 1.29 is 16.8 Å². The van der Waals surface area contributed by atoms with Gasteiger partial charge in [-0.1, -0.05) is 12.1 Å². The Bertz CT molecular complexity index is 635. The lowest BCUT2D eigenvalue weighted by atomic mass is 10.3. The topological polar surface area (TPSA) is 80.3 Å². The van der Waals surface area contributed by atoms with Crippen LogP contribution >= 0.6 is 10.7 Å². The summed E-state index contributed by atoms with van der Waals surface area (Å²) in [6.45, 7) is 1.55. The quantitative estimate of drug-likeness (QED) is 0.860. The molecule has 0 spiro atoms. The predicted octanol–water partition coefficient (Wildman–Crippen LogP) is 1.89. The second-order valence-corrected chi connectivity index (χ2v) is 7.21. The third-order valence-electron chi connectivity index (χ3n) is 1.69. The number of nitrogens with one attached hydrogen (secondary N) is 1. The first-order valence-electron chi connectivity index (χ1n) is 4.45. The second-order valence-electron chi connectivity index (χ2n) is 3.08. The minimum Gasteiger partial charge on any atom is -0.280 e. The number of allylic oxidation sites excluding steroid dienone is 1. The zero-order valence-corrected chi connectivity index (χ0v) is 11.2. The van der Waals surface area contributed by atoms with E-state index in [0.29, 0.717) is 0 Å². The molecule has 0 radical (unpaired) electrons. The maximum absolute atomic E-state index is 11.4. The molecular formula is C9H10ClNO4S2. The van der Waals surface area contributed by atoms with Gasteiger partial charge in [0.25, 0.3) is 19.1 Å². The van der Waals surface area contributed by atoms with Crippen LogP contribution in [0.15, 0.2) is 40.6 Å². The van der Waals surface area contributed by atoms with Crippen molar-refractivity contribution in [2.75, 3.05) is 4.72 Å². The number of rotatable bonds is 4. The van der Waals surface area contributed by atoms with E-state index >= 15 is 0 Å². The molecule has 0 aromatic heterocycles. The fourth-order valence-corrected chi connectivity index (χ4v) is 2.77. The van der Waals surface area contributed by atoms with Crippen LogP contribution in [-0.4, -0.2) is 16.8 Å². The van der Waals surface area contributed by atoms with Gasteiger partial charge in [0, 0.05) is 16.1 Å². The number of anilines is 1. The molecular weight excluding hydrogens is 286 g/mol. The van der Waals surface area contributed by atoms with Crippen molar-refractivity contribution in [3.8, 4) is 0 Å². The van der Waals surface area contributed by atoms with Gasteiger partial charge in [-0.25, -0.2) is 16.8 Å². The largest absolute Gasteiger partial charge is 0.280 e. The summed E-state index contributed by atoms with van der Waals surface area (Å²) in [5, 5.41) is 0.967. The van der Waals surface area contributed by atoms with Crippen molar-refractivity contribution in [3.05, 3.63) is 35.7 Å². The molecule has 5 nitrogen and oxygen atoms in total. The van der Waals surface area contributed by atoms with Crippen molar-refractivity contribution in [2.24, 2.45) is 0 Å². The molecule has 0 bridgehead atoms. The van der Waals surface area contributed by atoms with Crippen LogP contribution in [0, 0.1) is 0 Å². The maximum atomic E-state index is 11.4. The summed E-state index contributed by atoms with van der Waals surface area (Å²) in [4.78, 5) is -0.167. The van der Waals surface area contributed by atoms with Gasteiger partial charge in [-0.2, -0.15) is 0 Å². The molecule has 0 aliphatic heterocycles. The van der Waals surface area contributed by atoms with E-state index < -0.39 is 19.1 Å². The first kappa shape index (κ1) is 14.0. The summed E-state index contributed by atoms with van der Waals surface area (Å²) in [5.74, 6) is 0. The van der Waals surface area contributed by atoms with E-state index in [2.05, 4.69) is 4.72 Å². The van der Waals surface area contributed by atoms with Gasteiger partial charge in [0.2, 0.25) is 0 Å². The van der Waals surface area contributed by atoms with Gasteiger partial charge >= 0.3 is 0 Å². The normalized spacial score (nSPS) is 12.8. The first-order chi connectivity index (χ1) is 7.74. The molecule has 1 rings (SSSR count). The van der Waals surface area contributed by atoms with Crippen LogP contribution in [0.25, 0.3) is 0 Å². The average molecular weight is 296 g/mol. The van der Waals surface area contributed by atoms with Crippen molar-refractivity contribution in [3.63, 3.8) is 0 Å². The molecule has 0 atom stereocenters. The van der Waals surface area contributed by atoms with Crippen LogP contribution in [0.4, 0.5) is 5.69 Å². The molecule has 1 aromatic rings. The number of hydrogen-bond donors (Lipinski definition) is 1. The van der Waals surface area contributed by atoms with Crippen molar-refractivity contribution in [2.45, 2.75) is 11.8 Å². The smallest absolute Gasteiger partial charge is 0.261 e. The highest BCUT2D eigenvalue weighted by atomic mass is 35.7. The number of hydrogen-bond acceptors (Lipinski definition) is 4. The zero-order chi connectivity index (χ0) is 13.1. The minimum absolute atomic E-state index is 0.129. The van der Waals surface area contributed by atoms with Gasteiger partial charge in [0.05, 0.1) is 10.6 Å². The molecule has 0 saturated heterocycles. The number of benzene rings is 1. The second kappa shape index (κ2) is 5.07. The van der Waals surface area contributed by atoms with Gasteiger partial charge in [-0.05, 0) is 25.1 Å².